The molecular weight excluding hydrogens is 206 g/mol. The monoisotopic (exact) mass is 223 g/mol. The molecule has 1 rings (SSSR count). The van der Waals surface area contributed by atoms with Crippen molar-refractivity contribution in [3.8, 4) is 0 Å². The fraction of sp³-hybridized carbons (Fsp3) is 0.333. The highest BCUT2D eigenvalue weighted by Crippen LogP contribution is 2.02. The molecule has 0 fully saturated rings. The summed E-state index contributed by atoms with van der Waals surface area (Å²) in [6.07, 6.45) is 1.64. The lowest BCUT2D eigenvalue weighted by Gasteiger charge is -2.01. The number of rotatable bonds is 4. The van der Waals surface area contributed by atoms with Crippen LogP contribution in [-0.2, 0) is 6.54 Å². The van der Waals surface area contributed by atoms with Gasteiger partial charge in [0.15, 0.2) is 18.5 Å². The van der Waals surface area contributed by atoms with Crippen LogP contribution in [0.25, 0.3) is 0 Å². The molecule has 0 aliphatic heterocycles. The molecule has 0 radical (unpaired) electrons. The predicted octanol–water partition coefficient (Wildman–Crippen LogP) is 0.822. The van der Waals surface area contributed by atoms with Crippen molar-refractivity contribution in [2.45, 2.75) is 20.4 Å². The van der Waals surface area contributed by atoms with Crippen LogP contribution in [0.5, 0.6) is 0 Å². The Labute approximate surface area is 95.5 Å². The van der Waals surface area contributed by atoms with Gasteiger partial charge in [-0.2, -0.15) is 4.57 Å². The topological polar surface area (TPSA) is 58.2 Å². The molecule has 4 heteroatoms. The number of aliphatic hydroxyl groups is 1. The molecule has 16 heavy (non-hydrogen) atoms. The van der Waals surface area contributed by atoms with Crippen molar-refractivity contribution in [1.82, 2.24) is 0 Å². The van der Waals surface area contributed by atoms with E-state index in [-0.39, 0.29) is 25.6 Å². The van der Waals surface area contributed by atoms with Gasteiger partial charge in [0.05, 0.1) is 0 Å². The van der Waals surface area contributed by atoms with Crippen molar-refractivity contribution >= 4 is 11.6 Å². The van der Waals surface area contributed by atoms with Crippen LogP contribution < -0.4 is 4.57 Å². The summed E-state index contributed by atoms with van der Waals surface area (Å²) in [6.45, 7) is 3.21. The molecule has 0 saturated carbocycles. The summed E-state index contributed by atoms with van der Waals surface area (Å²) in [6, 6.07) is 3.20. The van der Waals surface area contributed by atoms with Crippen molar-refractivity contribution in [1.29, 1.82) is 0 Å². The molecule has 0 amide bonds. The first-order valence-electron chi connectivity index (χ1n) is 4.72. The number of aliphatic hydroxyl groups excluding tert-OH is 1. The SMILES string of the molecule is CC(=O)c1cc[n+](CCO)c(C(C)=O)c1.[CH3-]. The number of pyridine rings is 1. The molecule has 88 valence electrons. The zero-order valence-corrected chi connectivity index (χ0v) is 9.86. The molecule has 0 aromatic carbocycles. The molecule has 0 spiro atoms. The molecule has 0 aliphatic rings. The number of Topliss-reactive ketones (excluding diaryl/α,β-unsaturated/α-hetero) is 2. The van der Waals surface area contributed by atoms with E-state index < -0.39 is 0 Å². The fourth-order valence-corrected chi connectivity index (χ4v) is 1.35. The zero-order valence-electron chi connectivity index (χ0n) is 9.86. The summed E-state index contributed by atoms with van der Waals surface area (Å²) in [7, 11) is 0. The predicted molar refractivity (Wildman–Crippen MR) is 60.1 cm³/mol. The average Bonchev–Trinajstić information content (AvgIpc) is 2.18. The Morgan fingerprint density at radius 2 is 1.94 bits per heavy atom. The third-order valence-corrected chi connectivity index (χ3v) is 2.14. The second kappa shape index (κ2) is 6.12. The van der Waals surface area contributed by atoms with Crippen LogP contribution in [-0.4, -0.2) is 23.3 Å². The lowest BCUT2D eigenvalue weighted by Crippen LogP contribution is -2.41. The van der Waals surface area contributed by atoms with Gasteiger partial charge in [-0.15, -0.1) is 0 Å². The molecule has 0 unspecified atom stereocenters. The Hall–Kier alpha value is -1.55. The van der Waals surface area contributed by atoms with Crippen LogP contribution in [0.1, 0.15) is 34.7 Å². The molecule has 4 nitrogen and oxygen atoms in total. The maximum atomic E-state index is 11.3. The van der Waals surface area contributed by atoms with Crippen LogP contribution in [0.2, 0.25) is 0 Å². The highest BCUT2D eigenvalue weighted by atomic mass is 16.3. The van der Waals surface area contributed by atoms with Crippen LogP contribution in [0, 0.1) is 7.43 Å². The van der Waals surface area contributed by atoms with E-state index in [0.717, 1.165) is 0 Å². The minimum Gasteiger partial charge on any atom is -0.390 e. The van der Waals surface area contributed by atoms with Crippen LogP contribution >= 0.6 is 0 Å². The third kappa shape index (κ3) is 3.24. The van der Waals surface area contributed by atoms with Crippen LogP contribution in [0.15, 0.2) is 18.3 Å². The van der Waals surface area contributed by atoms with Crippen molar-refractivity contribution in [3.05, 3.63) is 37.0 Å². The summed E-state index contributed by atoms with van der Waals surface area (Å²) in [5, 5.41) is 8.81. The lowest BCUT2D eigenvalue weighted by atomic mass is 10.1. The highest BCUT2D eigenvalue weighted by molar-refractivity contribution is 5.97. The van der Waals surface area contributed by atoms with Crippen molar-refractivity contribution < 1.29 is 19.3 Å². The molecule has 0 aliphatic carbocycles. The Balaban J connectivity index is 0.00000225. The van der Waals surface area contributed by atoms with Gasteiger partial charge in [-0.25, -0.2) is 0 Å². The summed E-state index contributed by atoms with van der Waals surface area (Å²) in [5.74, 6) is -0.194. The highest BCUT2D eigenvalue weighted by Gasteiger charge is 2.16. The third-order valence-electron chi connectivity index (χ3n) is 2.14. The first-order chi connectivity index (χ1) is 7.06. The van der Waals surface area contributed by atoms with Gasteiger partial charge in [0.2, 0.25) is 11.5 Å². The van der Waals surface area contributed by atoms with Gasteiger partial charge in [-0.1, -0.05) is 0 Å². The van der Waals surface area contributed by atoms with Gasteiger partial charge in [0, 0.05) is 24.6 Å². The van der Waals surface area contributed by atoms with Crippen molar-refractivity contribution in [2.24, 2.45) is 0 Å². The quantitative estimate of drug-likeness (QED) is 0.467. The van der Waals surface area contributed by atoms with Gasteiger partial charge in [0.1, 0.15) is 6.61 Å². The number of carbonyl (C=O) groups excluding carboxylic acids is 2. The van der Waals surface area contributed by atoms with E-state index in [0.29, 0.717) is 17.8 Å². The summed E-state index contributed by atoms with van der Waals surface area (Å²) >= 11 is 0. The Bertz CT molecular complexity index is 399. The Morgan fingerprint density at radius 1 is 1.31 bits per heavy atom. The van der Waals surface area contributed by atoms with E-state index in [1.807, 2.05) is 0 Å². The summed E-state index contributed by atoms with van der Waals surface area (Å²) in [5.41, 5.74) is 0.950. The first-order valence-corrected chi connectivity index (χ1v) is 4.72. The van der Waals surface area contributed by atoms with E-state index in [4.69, 9.17) is 5.11 Å². The van der Waals surface area contributed by atoms with Crippen LogP contribution in [0.4, 0.5) is 0 Å². The van der Waals surface area contributed by atoms with Gasteiger partial charge in [-0.05, 0) is 6.92 Å². The average molecular weight is 223 g/mol. The zero-order chi connectivity index (χ0) is 11.4. The smallest absolute Gasteiger partial charge is 0.249 e. The lowest BCUT2D eigenvalue weighted by molar-refractivity contribution is -0.699. The van der Waals surface area contributed by atoms with E-state index in [9.17, 15) is 9.59 Å². The minimum absolute atomic E-state index is 0. The van der Waals surface area contributed by atoms with E-state index in [1.54, 1.807) is 22.9 Å². The number of aromatic nitrogens is 1. The maximum absolute atomic E-state index is 11.3. The van der Waals surface area contributed by atoms with Crippen LogP contribution in [0.3, 0.4) is 0 Å². The molecule has 1 aromatic heterocycles. The Kier molecular flexibility index (Phi) is 5.53. The first kappa shape index (κ1) is 14.5. The van der Waals surface area contributed by atoms with Crippen molar-refractivity contribution in [3.63, 3.8) is 0 Å². The molecular formula is C12H17NO3. The molecule has 0 saturated heterocycles. The second-order valence-corrected chi connectivity index (χ2v) is 3.33. The number of nitrogens with zero attached hydrogens (tertiary/aromatic N) is 1. The Morgan fingerprint density at radius 3 is 2.38 bits per heavy atom. The number of carbonyl (C=O) groups is 2. The number of hydrogen-bond donors (Lipinski definition) is 1. The molecule has 1 aromatic rings. The van der Waals surface area contributed by atoms with Crippen molar-refractivity contribution in [2.75, 3.05) is 6.61 Å². The molecule has 0 bridgehead atoms. The molecule has 1 N–H and O–H groups in total. The number of hydrogen-bond acceptors (Lipinski definition) is 3. The van der Waals surface area contributed by atoms with E-state index in [1.165, 1.54) is 13.8 Å². The van der Waals surface area contributed by atoms with E-state index >= 15 is 0 Å². The molecule has 0 atom stereocenters. The minimum atomic E-state index is -0.119. The largest absolute Gasteiger partial charge is 0.390 e. The standard InChI is InChI=1S/C11H14NO3.CH3/c1-8(14)10-3-4-12(5-6-13)11(7-10)9(2)15;/h3-4,7,13H,5-6H2,1-2H3;1H3/q+1;-1. The van der Waals surface area contributed by atoms with Gasteiger partial charge >= 0.3 is 0 Å². The number of ketones is 2. The van der Waals surface area contributed by atoms with Gasteiger partial charge in [-0.3, -0.25) is 9.59 Å². The summed E-state index contributed by atoms with van der Waals surface area (Å²) < 4.78 is 1.63. The van der Waals surface area contributed by atoms with Gasteiger partial charge < -0.3 is 12.5 Å². The van der Waals surface area contributed by atoms with Gasteiger partial charge in [0.25, 0.3) is 0 Å². The fourth-order valence-electron chi connectivity index (χ4n) is 1.35. The normalized spacial score (nSPS) is 9.44. The summed E-state index contributed by atoms with van der Waals surface area (Å²) in [4.78, 5) is 22.4. The molecule has 1 heterocycles. The maximum Gasteiger partial charge on any atom is 0.249 e. The van der Waals surface area contributed by atoms with E-state index in [2.05, 4.69) is 0 Å². The second-order valence-electron chi connectivity index (χ2n) is 3.33.